The Morgan fingerprint density at radius 3 is 2.39 bits per heavy atom. The van der Waals surface area contributed by atoms with Gasteiger partial charge in [0.2, 0.25) is 5.91 Å². The van der Waals surface area contributed by atoms with Crippen LogP contribution in [0.5, 0.6) is 5.75 Å². The Kier molecular flexibility index (Phi) is 5.76. The number of fused-ring (bicyclic) bond motifs is 1. The van der Waals surface area contributed by atoms with Crippen LogP contribution in [0.3, 0.4) is 0 Å². The predicted molar refractivity (Wildman–Crippen MR) is 123 cm³/mol. The van der Waals surface area contributed by atoms with E-state index in [0.29, 0.717) is 17.7 Å². The van der Waals surface area contributed by atoms with Crippen molar-refractivity contribution in [2.24, 2.45) is 0 Å². The third-order valence-electron chi connectivity index (χ3n) is 5.78. The van der Waals surface area contributed by atoms with E-state index in [2.05, 4.69) is 0 Å². The molecule has 1 aliphatic rings. The Bertz CT molecular complexity index is 1100. The van der Waals surface area contributed by atoms with Crippen LogP contribution in [0.2, 0.25) is 0 Å². The second-order valence-electron chi connectivity index (χ2n) is 7.79. The van der Waals surface area contributed by atoms with Gasteiger partial charge < -0.3 is 14.5 Å². The average Bonchev–Trinajstić information content (AvgIpc) is 2.79. The molecular formula is C26H26N2O3. The zero-order chi connectivity index (χ0) is 22.0. The molecule has 0 bridgehead atoms. The fourth-order valence-corrected chi connectivity index (χ4v) is 4.42. The monoisotopic (exact) mass is 414 g/mol. The lowest BCUT2D eigenvalue weighted by Crippen LogP contribution is -2.47. The Hall–Kier alpha value is -3.60. The number of amides is 2. The molecule has 2 atom stereocenters. The summed E-state index contributed by atoms with van der Waals surface area (Å²) in [4.78, 5) is 29.8. The number of anilines is 2. The van der Waals surface area contributed by atoms with Gasteiger partial charge in [-0.15, -0.1) is 0 Å². The van der Waals surface area contributed by atoms with E-state index in [0.717, 1.165) is 16.9 Å². The van der Waals surface area contributed by atoms with Gasteiger partial charge in [-0.3, -0.25) is 9.59 Å². The molecule has 31 heavy (non-hydrogen) atoms. The molecule has 0 unspecified atom stereocenters. The van der Waals surface area contributed by atoms with Crippen LogP contribution in [0.1, 0.15) is 42.2 Å². The van der Waals surface area contributed by atoms with Crippen molar-refractivity contribution in [1.29, 1.82) is 0 Å². The molecule has 5 heteroatoms. The highest BCUT2D eigenvalue weighted by Crippen LogP contribution is 2.43. The van der Waals surface area contributed by atoms with Crippen LogP contribution in [0, 0.1) is 0 Å². The molecule has 2 amide bonds. The summed E-state index contributed by atoms with van der Waals surface area (Å²) in [6, 6.07) is 24.4. The third kappa shape index (κ3) is 3.91. The molecule has 0 N–H and O–H groups in total. The summed E-state index contributed by atoms with van der Waals surface area (Å²) in [6.45, 7) is 3.61. The molecule has 0 aliphatic carbocycles. The van der Waals surface area contributed by atoms with E-state index < -0.39 is 0 Å². The maximum atomic E-state index is 13.8. The minimum absolute atomic E-state index is 0.000663. The van der Waals surface area contributed by atoms with Gasteiger partial charge in [-0.05, 0) is 49.2 Å². The number of rotatable bonds is 4. The van der Waals surface area contributed by atoms with Crippen molar-refractivity contribution in [3.63, 3.8) is 0 Å². The third-order valence-corrected chi connectivity index (χ3v) is 5.78. The van der Waals surface area contributed by atoms with Crippen molar-refractivity contribution in [2.45, 2.75) is 32.4 Å². The van der Waals surface area contributed by atoms with Gasteiger partial charge >= 0.3 is 0 Å². The fourth-order valence-electron chi connectivity index (χ4n) is 4.42. The van der Waals surface area contributed by atoms with E-state index in [-0.39, 0.29) is 23.9 Å². The van der Waals surface area contributed by atoms with Gasteiger partial charge in [-0.2, -0.15) is 0 Å². The first-order chi connectivity index (χ1) is 15.0. The minimum atomic E-state index is -0.221. The summed E-state index contributed by atoms with van der Waals surface area (Å²) >= 11 is 0. The number of hydrogen-bond acceptors (Lipinski definition) is 3. The summed E-state index contributed by atoms with van der Waals surface area (Å²) in [7, 11) is 1.62. The highest BCUT2D eigenvalue weighted by Gasteiger charge is 2.38. The topological polar surface area (TPSA) is 49.9 Å². The Morgan fingerprint density at radius 1 is 0.968 bits per heavy atom. The van der Waals surface area contributed by atoms with Crippen LogP contribution in [-0.4, -0.2) is 25.0 Å². The van der Waals surface area contributed by atoms with Crippen molar-refractivity contribution in [1.82, 2.24) is 0 Å². The highest BCUT2D eigenvalue weighted by molar-refractivity contribution is 6.07. The molecule has 158 valence electrons. The van der Waals surface area contributed by atoms with Crippen LogP contribution >= 0.6 is 0 Å². The van der Waals surface area contributed by atoms with Crippen LogP contribution < -0.4 is 14.5 Å². The lowest BCUT2D eigenvalue weighted by Gasteiger charge is -2.43. The lowest BCUT2D eigenvalue weighted by atomic mass is 9.89. The zero-order valence-electron chi connectivity index (χ0n) is 18.0. The van der Waals surface area contributed by atoms with Gasteiger partial charge in [0, 0.05) is 36.0 Å². The molecule has 3 aromatic carbocycles. The Balaban J connectivity index is 1.88. The molecule has 1 heterocycles. The van der Waals surface area contributed by atoms with E-state index in [9.17, 15) is 9.59 Å². The molecule has 5 nitrogen and oxygen atoms in total. The molecule has 1 aliphatic heterocycles. The van der Waals surface area contributed by atoms with Gasteiger partial charge in [-0.25, -0.2) is 0 Å². The van der Waals surface area contributed by atoms with Gasteiger partial charge in [0.25, 0.3) is 5.91 Å². The number of carbonyl (C=O) groups excluding carboxylic acids is 2. The SMILES string of the molecule is COc1cccc(N(C(=O)c2ccccc2)[C@H]2C[C@H](C)N(C(C)=O)c3ccccc32)c1. The summed E-state index contributed by atoms with van der Waals surface area (Å²) in [6.07, 6.45) is 0.631. The first-order valence-corrected chi connectivity index (χ1v) is 10.4. The van der Waals surface area contributed by atoms with Crippen LogP contribution in [-0.2, 0) is 4.79 Å². The van der Waals surface area contributed by atoms with Crippen molar-refractivity contribution >= 4 is 23.2 Å². The van der Waals surface area contributed by atoms with Gasteiger partial charge in [0.1, 0.15) is 5.75 Å². The van der Waals surface area contributed by atoms with Crippen molar-refractivity contribution < 1.29 is 14.3 Å². The number of nitrogens with zero attached hydrogens (tertiary/aromatic N) is 2. The standard InChI is InChI=1S/C26H26N2O3/c1-18-16-25(23-14-7-8-15-24(23)27(18)19(2)29)28(21-12-9-13-22(17-21)31-3)26(30)20-10-5-4-6-11-20/h4-15,17-18,25H,16H2,1-3H3/t18-,25-/m0/s1. The number of methoxy groups -OCH3 is 1. The number of para-hydroxylation sites is 1. The van der Waals surface area contributed by atoms with E-state index in [1.54, 1.807) is 14.0 Å². The number of carbonyl (C=O) groups is 2. The zero-order valence-corrected chi connectivity index (χ0v) is 18.0. The van der Waals surface area contributed by atoms with Crippen LogP contribution in [0.25, 0.3) is 0 Å². The molecule has 0 radical (unpaired) electrons. The summed E-state index contributed by atoms with van der Waals surface area (Å²) in [5.74, 6) is 0.601. The summed E-state index contributed by atoms with van der Waals surface area (Å²) in [5, 5.41) is 0. The summed E-state index contributed by atoms with van der Waals surface area (Å²) < 4.78 is 5.43. The van der Waals surface area contributed by atoms with Gasteiger partial charge in [0.05, 0.1) is 13.2 Å². The summed E-state index contributed by atoms with van der Waals surface area (Å²) in [5.41, 5.74) is 3.19. The normalized spacial score (nSPS) is 17.6. The maximum absolute atomic E-state index is 13.8. The molecule has 0 saturated heterocycles. The van der Waals surface area contributed by atoms with E-state index in [1.165, 1.54) is 0 Å². The Morgan fingerprint density at radius 2 is 1.68 bits per heavy atom. The first-order valence-electron chi connectivity index (χ1n) is 10.4. The van der Waals surface area contributed by atoms with Crippen molar-refractivity contribution in [2.75, 3.05) is 16.9 Å². The molecule has 0 aromatic heterocycles. The highest BCUT2D eigenvalue weighted by atomic mass is 16.5. The van der Waals surface area contributed by atoms with Crippen LogP contribution in [0.15, 0.2) is 78.9 Å². The second-order valence-corrected chi connectivity index (χ2v) is 7.79. The molecular weight excluding hydrogens is 388 g/mol. The lowest BCUT2D eigenvalue weighted by molar-refractivity contribution is -0.117. The quantitative estimate of drug-likeness (QED) is 0.587. The fraction of sp³-hybridized carbons (Fsp3) is 0.231. The predicted octanol–water partition coefficient (Wildman–Crippen LogP) is 5.23. The van der Waals surface area contributed by atoms with Gasteiger partial charge in [-0.1, -0.05) is 42.5 Å². The number of hydrogen-bond donors (Lipinski definition) is 0. The molecule has 0 fully saturated rings. The second kappa shape index (κ2) is 8.64. The number of ether oxygens (including phenoxy) is 1. The average molecular weight is 415 g/mol. The Labute approximate surface area is 182 Å². The van der Waals surface area contributed by atoms with Crippen molar-refractivity contribution in [3.05, 3.63) is 90.0 Å². The van der Waals surface area contributed by atoms with E-state index in [1.807, 2.05) is 95.6 Å². The van der Waals surface area contributed by atoms with Crippen molar-refractivity contribution in [3.8, 4) is 5.75 Å². The van der Waals surface area contributed by atoms with E-state index >= 15 is 0 Å². The molecule has 3 aromatic rings. The van der Waals surface area contributed by atoms with E-state index in [4.69, 9.17) is 4.74 Å². The molecule has 0 saturated carbocycles. The maximum Gasteiger partial charge on any atom is 0.258 e. The largest absolute Gasteiger partial charge is 0.497 e. The van der Waals surface area contributed by atoms with Crippen LogP contribution in [0.4, 0.5) is 11.4 Å². The first kappa shape index (κ1) is 20.7. The number of benzene rings is 3. The minimum Gasteiger partial charge on any atom is -0.497 e. The van der Waals surface area contributed by atoms with Gasteiger partial charge in [0.15, 0.2) is 0 Å². The molecule has 0 spiro atoms. The molecule has 4 rings (SSSR count). The smallest absolute Gasteiger partial charge is 0.258 e.